The minimum Gasteiger partial charge on any atom is -0.401 e. The fourth-order valence-corrected chi connectivity index (χ4v) is 0.979. The molecule has 0 unspecified atom stereocenters. The van der Waals surface area contributed by atoms with Crippen molar-refractivity contribution in [3.05, 3.63) is 11.3 Å². The number of carbonyl (C=O) groups excluding carboxylic acids is 2. The molecule has 78 valence electrons. The van der Waals surface area contributed by atoms with Gasteiger partial charge in [-0.05, 0) is 6.92 Å². The Balaban J connectivity index is 4.88. The first kappa shape index (κ1) is 12.2. The number of nitrogens with one attached hydrogen (secondary N) is 1. The van der Waals surface area contributed by atoms with Gasteiger partial charge in [-0.25, -0.2) is 0 Å². The van der Waals surface area contributed by atoms with Crippen molar-refractivity contribution in [2.45, 2.75) is 13.3 Å². The van der Waals surface area contributed by atoms with Crippen molar-refractivity contribution in [3.63, 3.8) is 0 Å². The molecule has 2 amide bonds. The van der Waals surface area contributed by atoms with Crippen LogP contribution < -0.4 is 22.2 Å². The van der Waals surface area contributed by atoms with Crippen molar-refractivity contribution in [2.75, 3.05) is 7.05 Å². The monoisotopic (exact) mass is 199 g/mol. The van der Waals surface area contributed by atoms with Crippen LogP contribution in [0.4, 0.5) is 0 Å². The number of nitrogens with two attached hydrogens (primary N) is 3. The molecule has 0 aromatic heterocycles. The van der Waals surface area contributed by atoms with Gasteiger partial charge in [-0.15, -0.1) is 0 Å². The third-order valence-electron chi connectivity index (χ3n) is 1.53. The Morgan fingerprint density at radius 1 is 1.36 bits per heavy atom. The van der Waals surface area contributed by atoms with E-state index in [2.05, 4.69) is 5.32 Å². The standard InChI is InChI=1S/C8H14N4O2/c1-4(9)7(8(14)12-2)5(10)3-6(11)13/h10H,3,9H2,1-2H3,(H2,11,13)(H,12,14)/p+1/b7-4-,10-5?. The predicted molar refractivity (Wildman–Crippen MR) is 51.7 cm³/mol. The van der Waals surface area contributed by atoms with Crippen LogP contribution in [0.3, 0.4) is 0 Å². The predicted octanol–water partition coefficient (Wildman–Crippen LogP) is -2.96. The van der Waals surface area contributed by atoms with E-state index in [9.17, 15) is 9.59 Å². The van der Waals surface area contributed by atoms with E-state index in [4.69, 9.17) is 16.9 Å². The van der Waals surface area contributed by atoms with Gasteiger partial charge in [-0.1, -0.05) is 0 Å². The minimum absolute atomic E-state index is 0.0804. The zero-order valence-electron chi connectivity index (χ0n) is 8.26. The third kappa shape index (κ3) is 3.26. The van der Waals surface area contributed by atoms with Gasteiger partial charge in [0.15, 0.2) is 5.71 Å². The Morgan fingerprint density at radius 3 is 2.14 bits per heavy atom. The Hall–Kier alpha value is -1.85. The van der Waals surface area contributed by atoms with Gasteiger partial charge in [-0.3, -0.25) is 15.0 Å². The lowest BCUT2D eigenvalue weighted by Crippen LogP contribution is -2.47. The highest BCUT2D eigenvalue weighted by atomic mass is 16.2. The number of hydrogen-bond acceptors (Lipinski definition) is 3. The van der Waals surface area contributed by atoms with Crippen molar-refractivity contribution in [2.24, 2.45) is 11.5 Å². The summed E-state index contributed by atoms with van der Waals surface area (Å²) >= 11 is 0. The number of allylic oxidation sites excluding steroid dienone is 1. The summed E-state index contributed by atoms with van der Waals surface area (Å²) in [6.45, 7) is 1.53. The molecule has 0 aliphatic rings. The normalized spacial score (nSPS) is 11.6. The minimum atomic E-state index is -0.606. The van der Waals surface area contributed by atoms with Gasteiger partial charge in [0.2, 0.25) is 5.91 Å². The second-order valence-electron chi connectivity index (χ2n) is 2.81. The molecule has 0 aliphatic carbocycles. The van der Waals surface area contributed by atoms with Crippen molar-refractivity contribution in [1.82, 2.24) is 5.32 Å². The van der Waals surface area contributed by atoms with Crippen LogP contribution in [-0.4, -0.2) is 24.6 Å². The van der Waals surface area contributed by atoms with Crippen LogP contribution in [0.25, 0.3) is 0 Å². The number of amides is 2. The molecule has 0 radical (unpaired) electrons. The number of rotatable bonds is 4. The maximum absolute atomic E-state index is 11.3. The van der Waals surface area contributed by atoms with Crippen LogP contribution >= 0.6 is 0 Å². The highest BCUT2D eigenvalue weighted by Crippen LogP contribution is 2.01. The number of carbonyl (C=O) groups is 2. The Bertz CT molecular complexity index is 302. The zero-order chi connectivity index (χ0) is 11.3. The molecular formula is C8H15N4O2+. The highest BCUT2D eigenvalue weighted by Gasteiger charge is 2.21. The van der Waals surface area contributed by atoms with E-state index in [0.29, 0.717) is 0 Å². The second kappa shape index (κ2) is 5.00. The quantitative estimate of drug-likeness (QED) is 0.285. The first-order valence-electron chi connectivity index (χ1n) is 3.98. The van der Waals surface area contributed by atoms with Crippen molar-refractivity contribution >= 4 is 17.5 Å². The Morgan fingerprint density at radius 2 is 1.86 bits per heavy atom. The zero-order valence-corrected chi connectivity index (χ0v) is 8.26. The van der Waals surface area contributed by atoms with Gasteiger partial charge in [0.05, 0.1) is 0 Å². The molecule has 0 spiro atoms. The molecular weight excluding hydrogens is 184 g/mol. The molecule has 0 heterocycles. The molecule has 0 bridgehead atoms. The third-order valence-corrected chi connectivity index (χ3v) is 1.53. The topological polar surface area (TPSA) is 124 Å². The van der Waals surface area contributed by atoms with E-state index in [1.54, 1.807) is 0 Å². The van der Waals surface area contributed by atoms with Gasteiger partial charge in [0.1, 0.15) is 12.0 Å². The van der Waals surface area contributed by atoms with E-state index < -0.39 is 11.8 Å². The molecule has 7 N–H and O–H groups in total. The molecule has 6 heteroatoms. The fourth-order valence-electron chi connectivity index (χ4n) is 0.979. The van der Waals surface area contributed by atoms with E-state index >= 15 is 0 Å². The molecule has 6 nitrogen and oxygen atoms in total. The summed E-state index contributed by atoms with van der Waals surface area (Å²) in [5.41, 5.74) is 10.8. The molecule has 0 aromatic rings. The Kier molecular flexibility index (Phi) is 4.34. The van der Waals surface area contributed by atoms with Crippen LogP contribution in [0.15, 0.2) is 11.3 Å². The average Bonchev–Trinajstić information content (AvgIpc) is 2.01. The van der Waals surface area contributed by atoms with E-state index in [1.165, 1.54) is 14.0 Å². The first-order chi connectivity index (χ1) is 6.40. The molecule has 14 heavy (non-hydrogen) atoms. The first-order valence-corrected chi connectivity index (χ1v) is 3.98. The molecule has 0 aliphatic heterocycles. The van der Waals surface area contributed by atoms with Gasteiger partial charge in [-0.2, -0.15) is 0 Å². The highest BCUT2D eigenvalue weighted by molar-refractivity contribution is 6.23. The lowest BCUT2D eigenvalue weighted by Gasteiger charge is -2.04. The van der Waals surface area contributed by atoms with Crippen molar-refractivity contribution < 1.29 is 15.0 Å². The molecule has 0 saturated heterocycles. The summed E-state index contributed by atoms with van der Waals surface area (Å²) in [5.74, 6) is -1.03. The Labute approximate surface area is 81.8 Å². The summed E-state index contributed by atoms with van der Waals surface area (Å²) in [6, 6.07) is 0. The number of hydrogen-bond donors (Lipinski definition) is 4. The molecule has 0 fully saturated rings. The summed E-state index contributed by atoms with van der Waals surface area (Å²) in [4.78, 5) is 21.8. The molecule has 0 saturated carbocycles. The molecule has 0 atom stereocenters. The van der Waals surface area contributed by atoms with Crippen LogP contribution in [-0.2, 0) is 9.59 Å². The van der Waals surface area contributed by atoms with E-state index in [-0.39, 0.29) is 23.4 Å². The smallest absolute Gasteiger partial charge is 0.259 e. The fraction of sp³-hybridized carbons (Fsp3) is 0.375. The maximum Gasteiger partial charge on any atom is 0.259 e. The maximum atomic E-state index is 11.3. The summed E-state index contributed by atoms with van der Waals surface area (Å²) < 4.78 is 0. The van der Waals surface area contributed by atoms with Crippen LogP contribution in [0, 0.1) is 0 Å². The van der Waals surface area contributed by atoms with Crippen LogP contribution in [0.1, 0.15) is 13.3 Å². The van der Waals surface area contributed by atoms with Crippen LogP contribution in [0.2, 0.25) is 0 Å². The number of likely N-dealkylation sites (N-methyl/N-ethyl adjacent to an activating group) is 1. The van der Waals surface area contributed by atoms with Crippen molar-refractivity contribution in [3.8, 4) is 0 Å². The van der Waals surface area contributed by atoms with E-state index in [1.807, 2.05) is 0 Å². The van der Waals surface area contributed by atoms with Gasteiger partial charge < -0.3 is 16.8 Å². The molecule has 0 rings (SSSR count). The summed E-state index contributed by atoms with van der Waals surface area (Å²) in [7, 11) is 1.45. The van der Waals surface area contributed by atoms with E-state index in [0.717, 1.165) is 0 Å². The van der Waals surface area contributed by atoms with Gasteiger partial charge in [0, 0.05) is 12.7 Å². The van der Waals surface area contributed by atoms with Gasteiger partial charge in [0.25, 0.3) is 5.91 Å². The van der Waals surface area contributed by atoms with Gasteiger partial charge >= 0.3 is 0 Å². The summed E-state index contributed by atoms with van der Waals surface area (Å²) in [5, 5.41) is 7.88. The van der Waals surface area contributed by atoms with Crippen LogP contribution in [0.5, 0.6) is 0 Å². The van der Waals surface area contributed by atoms with Crippen molar-refractivity contribution in [1.29, 1.82) is 0 Å². The molecule has 0 aromatic carbocycles. The largest absolute Gasteiger partial charge is 0.401 e. The lowest BCUT2D eigenvalue weighted by atomic mass is 10.1. The lowest BCUT2D eigenvalue weighted by molar-refractivity contribution is -0.126. The average molecular weight is 199 g/mol. The SMILES string of the molecule is CNC(=O)/C(C(=[NH2+])CC(N)=O)=C(/C)N. The number of primary amides is 1. The second-order valence-corrected chi connectivity index (χ2v) is 2.81. The summed E-state index contributed by atoms with van der Waals surface area (Å²) in [6.07, 6.45) is -0.183.